The number of hydrogen-bond donors (Lipinski definition) is 0. The smallest absolute Gasteiger partial charge is 0.190 e. The fourth-order valence-corrected chi connectivity index (χ4v) is 7.10. The number of fused-ring (bicyclic) bond motifs is 8. The molecule has 0 saturated heterocycles. The lowest BCUT2D eigenvalue weighted by Crippen LogP contribution is -2.00. The summed E-state index contributed by atoms with van der Waals surface area (Å²) in [4.78, 5) is 1.20. The predicted molar refractivity (Wildman–Crippen MR) is 126 cm³/mol. The van der Waals surface area contributed by atoms with E-state index < -0.39 is 0 Å². The molecule has 4 heterocycles. The van der Waals surface area contributed by atoms with E-state index in [2.05, 4.69) is 72.8 Å². The van der Waals surface area contributed by atoms with Crippen LogP contribution in [0.25, 0.3) is 52.5 Å². The molecule has 0 atom stereocenters. The van der Waals surface area contributed by atoms with Crippen LogP contribution in [0.5, 0.6) is 22.3 Å². The van der Waals surface area contributed by atoms with E-state index in [4.69, 9.17) is 9.47 Å². The Morgan fingerprint density at radius 2 is 1.23 bits per heavy atom. The van der Waals surface area contributed by atoms with Crippen LogP contribution in [0.1, 0.15) is 0 Å². The Morgan fingerprint density at radius 3 is 2.10 bits per heavy atom. The molecule has 4 heteroatoms. The molecule has 2 nitrogen and oxygen atoms in total. The fraction of sp³-hybridized carbons (Fsp3) is 0. The normalized spacial score (nSPS) is 13.2. The van der Waals surface area contributed by atoms with Gasteiger partial charge in [-0.2, -0.15) is 0 Å². The number of thiophene rings is 2. The molecule has 6 aromatic rings. The first kappa shape index (κ1) is 15.5. The van der Waals surface area contributed by atoms with Crippen molar-refractivity contribution in [1.29, 1.82) is 0 Å². The van der Waals surface area contributed by atoms with Crippen LogP contribution < -0.4 is 9.47 Å². The van der Waals surface area contributed by atoms with Crippen molar-refractivity contribution in [2.45, 2.75) is 0 Å². The number of rotatable bonds is 0. The summed E-state index contributed by atoms with van der Waals surface area (Å²) in [5.74, 6) is 2.80. The lowest BCUT2D eigenvalue weighted by Gasteiger charge is -2.24. The first-order valence-electron chi connectivity index (χ1n) is 9.86. The van der Waals surface area contributed by atoms with Crippen molar-refractivity contribution in [1.82, 2.24) is 0 Å². The van der Waals surface area contributed by atoms with Gasteiger partial charge in [0.1, 0.15) is 11.5 Å². The highest BCUT2D eigenvalue weighted by molar-refractivity contribution is 7.23. The Morgan fingerprint density at radius 1 is 0.567 bits per heavy atom. The number of benzene rings is 4. The van der Waals surface area contributed by atoms with E-state index in [1.165, 1.54) is 41.7 Å². The van der Waals surface area contributed by atoms with Gasteiger partial charge in [0, 0.05) is 42.1 Å². The van der Waals surface area contributed by atoms with Crippen LogP contribution in [0, 0.1) is 0 Å². The van der Waals surface area contributed by atoms with Gasteiger partial charge < -0.3 is 9.47 Å². The third-order valence-electron chi connectivity index (χ3n) is 6.13. The lowest BCUT2D eigenvalue weighted by molar-refractivity contribution is 0.490. The molecule has 0 radical (unpaired) electrons. The van der Waals surface area contributed by atoms with Crippen molar-refractivity contribution < 1.29 is 9.47 Å². The number of hydrogen-bond acceptors (Lipinski definition) is 4. The van der Waals surface area contributed by atoms with Gasteiger partial charge in [-0.3, -0.25) is 0 Å². The average Bonchev–Trinajstić information content (AvgIpc) is 3.35. The van der Waals surface area contributed by atoms with E-state index in [0.717, 1.165) is 33.1 Å². The molecule has 4 aromatic carbocycles. The van der Waals surface area contributed by atoms with Gasteiger partial charge in [-0.1, -0.05) is 41.7 Å². The van der Waals surface area contributed by atoms with E-state index in [1.807, 2.05) is 0 Å². The van der Waals surface area contributed by atoms with Gasteiger partial charge in [0.25, 0.3) is 0 Å². The van der Waals surface area contributed by atoms with Gasteiger partial charge in [-0.25, -0.2) is 0 Å². The second kappa shape index (κ2) is 5.22. The highest BCUT2D eigenvalue weighted by Gasteiger charge is 2.31. The minimum Gasteiger partial charge on any atom is -0.454 e. The van der Waals surface area contributed by atoms with Gasteiger partial charge >= 0.3 is 0 Å². The minimum atomic E-state index is 0.910. The molecule has 2 aromatic heterocycles. The molecule has 140 valence electrons. The van der Waals surface area contributed by atoms with Gasteiger partial charge in [0.2, 0.25) is 0 Å². The first-order chi connectivity index (χ1) is 14.9. The second-order valence-electron chi connectivity index (χ2n) is 7.69. The molecule has 0 N–H and O–H groups in total. The predicted octanol–water partition coefficient (Wildman–Crippen LogP) is 8.81. The van der Waals surface area contributed by atoms with E-state index >= 15 is 0 Å². The van der Waals surface area contributed by atoms with Crippen LogP contribution in [0.15, 0.2) is 72.8 Å². The molecule has 30 heavy (non-hydrogen) atoms. The monoisotopic (exact) mass is 420 g/mol. The zero-order valence-corrected chi connectivity index (χ0v) is 17.2. The molecule has 0 aliphatic carbocycles. The van der Waals surface area contributed by atoms with E-state index in [9.17, 15) is 0 Å². The quantitative estimate of drug-likeness (QED) is 0.244. The Hall–Kier alpha value is -3.34. The molecule has 0 fully saturated rings. The molecule has 0 amide bonds. The third-order valence-corrected chi connectivity index (χ3v) is 8.36. The SMILES string of the molecule is c1ccc2c3c(sc2c1)-c1ccc2c4c(ccc(c14)O3)-c1c(sc3ccccc13)O2. The second-order valence-corrected chi connectivity index (χ2v) is 9.76. The third kappa shape index (κ3) is 1.76. The van der Waals surface area contributed by atoms with Crippen molar-refractivity contribution in [3.05, 3.63) is 72.8 Å². The molecule has 8 rings (SSSR count). The molecule has 0 spiro atoms. The van der Waals surface area contributed by atoms with Crippen molar-refractivity contribution in [2.24, 2.45) is 0 Å². The lowest BCUT2D eigenvalue weighted by atomic mass is 9.91. The van der Waals surface area contributed by atoms with E-state index in [0.29, 0.717) is 0 Å². The highest BCUT2D eigenvalue weighted by atomic mass is 32.1. The van der Waals surface area contributed by atoms with Crippen LogP contribution >= 0.6 is 22.7 Å². The molecule has 0 bridgehead atoms. The van der Waals surface area contributed by atoms with Gasteiger partial charge in [0.15, 0.2) is 10.8 Å². The highest BCUT2D eigenvalue weighted by Crippen LogP contribution is 2.60. The molecular formula is C26H12O2S2. The zero-order valence-electron chi connectivity index (χ0n) is 15.6. The zero-order chi connectivity index (χ0) is 19.4. The minimum absolute atomic E-state index is 0.910. The molecule has 0 saturated carbocycles. The summed E-state index contributed by atoms with van der Waals surface area (Å²) < 4.78 is 15.4. The summed E-state index contributed by atoms with van der Waals surface area (Å²) in [5, 5.41) is 5.72. The summed E-state index contributed by atoms with van der Waals surface area (Å²) in [5.41, 5.74) is 3.67. The Labute approximate surface area is 179 Å². The van der Waals surface area contributed by atoms with Crippen molar-refractivity contribution in [2.75, 3.05) is 0 Å². The largest absolute Gasteiger partial charge is 0.454 e. The van der Waals surface area contributed by atoms with Crippen LogP contribution in [0.2, 0.25) is 0 Å². The summed E-state index contributed by atoms with van der Waals surface area (Å²) in [6.45, 7) is 0. The Bertz CT molecular complexity index is 1700. The maximum Gasteiger partial charge on any atom is 0.190 e. The Balaban J connectivity index is 1.52. The topological polar surface area (TPSA) is 18.5 Å². The van der Waals surface area contributed by atoms with Crippen molar-refractivity contribution in [3.8, 4) is 43.9 Å². The van der Waals surface area contributed by atoms with Gasteiger partial charge in [-0.15, -0.1) is 11.3 Å². The van der Waals surface area contributed by atoms with Crippen molar-refractivity contribution in [3.63, 3.8) is 0 Å². The summed E-state index contributed by atoms with van der Waals surface area (Å²) >= 11 is 3.52. The Kier molecular flexibility index (Phi) is 2.70. The summed E-state index contributed by atoms with van der Waals surface area (Å²) in [7, 11) is 0. The number of ether oxygens (including phenoxy) is 2. The first-order valence-corrected chi connectivity index (χ1v) is 11.5. The summed E-state index contributed by atoms with van der Waals surface area (Å²) in [6.07, 6.45) is 0. The fourth-order valence-electron chi connectivity index (χ4n) is 4.86. The standard InChI is InChI=1S/C26H12O2S2/c1-3-7-19-13(5-1)21-15-9-11-17-23-16(10-12-18(22(15)23)28-26(21)30-19)25-24(27-17)14-6-2-4-8-20(14)29-25/h1-12H. The van der Waals surface area contributed by atoms with Gasteiger partial charge in [-0.05, 0) is 48.0 Å². The van der Waals surface area contributed by atoms with E-state index in [-0.39, 0.29) is 0 Å². The van der Waals surface area contributed by atoms with Crippen LogP contribution in [0.4, 0.5) is 0 Å². The molecule has 0 unspecified atom stereocenters. The van der Waals surface area contributed by atoms with Crippen LogP contribution in [-0.2, 0) is 0 Å². The maximum absolute atomic E-state index is 6.50. The molecule has 2 aliphatic heterocycles. The summed E-state index contributed by atoms with van der Waals surface area (Å²) in [6, 6.07) is 25.7. The van der Waals surface area contributed by atoms with Crippen LogP contribution in [-0.4, -0.2) is 0 Å². The van der Waals surface area contributed by atoms with Crippen LogP contribution in [0.3, 0.4) is 0 Å². The van der Waals surface area contributed by atoms with Crippen molar-refractivity contribution >= 4 is 53.6 Å². The van der Waals surface area contributed by atoms with E-state index in [1.54, 1.807) is 22.7 Å². The van der Waals surface area contributed by atoms with Gasteiger partial charge in [0.05, 0.1) is 4.88 Å². The molecule has 2 aliphatic rings. The average molecular weight is 421 g/mol. The molecular weight excluding hydrogens is 408 g/mol. The maximum atomic E-state index is 6.50.